The molecule has 0 aromatic heterocycles. The molecule has 2 aromatic carbocycles. The first-order valence-corrected chi connectivity index (χ1v) is 13.3. The Hall–Kier alpha value is -4.01. The number of carbonyl (C=O) groups excluding carboxylic acids is 3. The van der Waals surface area contributed by atoms with Gasteiger partial charge in [0.25, 0.3) is 0 Å². The fourth-order valence-electron chi connectivity index (χ4n) is 5.16. The number of nitrogens with two attached hydrogens (primary N) is 1. The van der Waals surface area contributed by atoms with Crippen LogP contribution in [-0.2, 0) is 17.1 Å². The molecule has 4 rings (SSSR count). The Morgan fingerprint density at radius 1 is 0.833 bits per heavy atom. The largest absolute Gasteiger partial charge is 0.416 e. The van der Waals surface area contributed by atoms with Gasteiger partial charge in [-0.2, -0.15) is 26.3 Å². The Labute approximate surface area is 237 Å². The predicted molar refractivity (Wildman–Crippen MR) is 141 cm³/mol. The van der Waals surface area contributed by atoms with Crippen LogP contribution >= 0.6 is 0 Å². The lowest BCUT2D eigenvalue weighted by molar-refractivity contribution is -0.142. The molecule has 0 spiro atoms. The number of nitrogens with one attached hydrogen (secondary N) is 3. The molecule has 3 atom stereocenters. The average molecular weight is 601 g/mol. The van der Waals surface area contributed by atoms with Gasteiger partial charge in [-0.25, -0.2) is 9.59 Å². The highest BCUT2D eigenvalue weighted by atomic mass is 19.4. The lowest BCUT2D eigenvalue weighted by Crippen LogP contribution is -2.62. The van der Waals surface area contributed by atoms with Crippen LogP contribution in [0.1, 0.15) is 36.8 Å². The zero-order chi connectivity index (χ0) is 30.7. The third-order valence-electron chi connectivity index (χ3n) is 7.23. The van der Waals surface area contributed by atoms with E-state index in [0.717, 1.165) is 48.5 Å². The summed E-state index contributed by atoms with van der Waals surface area (Å²) in [7, 11) is 0. The molecule has 0 radical (unpaired) electrons. The summed E-state index contributed by atoms with van der Waals surface area (Å²) in [5.41, 5.74) is 4.15. The van der Waals surface area contributed by atoms with E-state index in [9.17, 15) is 40.7 Å². The Morgan fingerprint density at radius 3 is 1.90 bits per heavy atom. The predicted octanol–water partition coefficient (Wildman–Crippen LogP) is 4.86. The van der Waals surface area contributed by atoms with E-state index in [4.69, 9.17) is 5.73 Å². The van der Waals surface area contributed by atoms with Crippen LogP contribution in [-0.4, -0.2) is 65.5 Å². The number of anilines is 2. The first-order valence-electron chi connectivity index (χ1n) is 13.3. The molecule has 2 heterocycles. The van der Waals surface area contributed by atoms with Crippen molar-refractivity contribution in [3.05, 3.63) is 59.7 Å². The van der Waals surface area contributed by atoms with Crippen LogP contribution in [0.15, 0.2) is 48.5 Å². The third-order valence-corrected chi connectivity index (χ3v) is 7.23. The van der Waals surface area contributed by atoms with E-state index in [-0.39, 0.29) is 30.4 Å². The molecule has 2 fully saturated rings. The van der Waals surface area contributed by atoms with Crippen LogP contribution < -0.4 is 21.7 Å². The Kier molecular flexibility index (Phi) is 9.18. The molecule has 2 aliphatic rings. The maximum absolute atomic E-state index is 13.5. The van der Waals surface area contributed by atoms with Gasteiger partial charge in [-0.3, -0.25) is 4.79 Å². The molecular formula is C27H30F6N6O3. The van der Waals surface area contributed by atoms with E-state index < -0.39 is 53.7 Å². The summed E-state index contributed by atoms with van der Waals surface area (Å²) in [5, 5.41) is 7.77. The monoisotopic (exact) mass is 600 g/mol. The quantitative estimate of drug-likeness (QED) is 0.268. The van der Waals surface area contributed by atoms with Crippen LogP contribution in [0, 0.1) is 0 Å². The summed E-state index contributed by atoms with van der Waals surface area (Å²) in [4.78, 5) is 42.2. The SMILES string of the molecule is NCCCC[C@@H]1C(=O)N2C[C@H](NC(=O)Nc3ccc(C(F)(F)F)cc3)C[C@@H]2CN1C(=O)Nc1ccc(C(F)(F)F)cc1. The number of unbranched alkanes of at least 4 members (excludes halogenated alkanes) is 1. The number of rotatable bonds is 7. The van der Waals surface area contributed by atoms with Gasteiger partial charge in [0, 0.05) is 24.5 Å². The van der Waals surface area contributed by atoms with E-state index in [0.29, 0.717) is 32.2 Å². The smallest absolute Gasteiger partial charge is 0.334 e. The molecule has 9 nitrogen and oxygen atoms in total. The first kappa shape index (κ1) is 30.9. The van der Waals surface area contributed by atoms with Gasteiger partial charge in [0.2, 0.25) is 5.91 Å². The van der Waals surface area contributed by atoms with Crippen molar-refractivity contribution in [2.45, 2.75) is 56.2 Å². The Morgan fingerprint density at radius 2 is 1.38 bits per heavy atom. The number of alkyl halides is 6. The zero-order valence-electron chi connectivity index (χ0n) is 22.3. The summed E-state index contributed by atoms with van der Waals surface area (Å²) in [6.45, 7) is 0.695. The van der Waals surface area contributed by atoms with Crippen LogP contribution in [0.5, 0.6) is 0 Å². The van der Waals surface area contributed by atoms with Crippen molar-refractivity contribution in [3.63, 3.8) is 0 Å². The van der Waals surface area contributed by atoms with Crippen molar-refractivity contribution >= 4 is 29.3 Å². The molecule has 5 amide bonds. The maximum Gasteiger partial charge on any atom is 0.416 e. The van der Waals surface area contributed by atoms with Crippen molar-refractivity contribution in [1.29, 1.82) is 0 Å². The standard InChI is InChI=1S/C27H30F6N6O3/c28-26(29,30)16-4-8-18(9-5-16)35-24(41)36-20-13-21-15-39(22(3-1-2-12-34)23(40)38(21)14-20)25(42)37-19-10-6-17(7-11-19)27(31,32)33/h4-11,20-22H,1-3,12-15,34H2,(H,37,42)(H2,35,36,41)/t20-,21-,22-/m1/s1. The van der Waals surface area contributed by atoms with Crippen molar-refractivity contribution in [3.8, 4) is 0 Å². The van der Waals surface area contributed by atoms with Gasteiger partial charge in [0.15, 0.2) is 0 Å². The number of nitrogens with zero attached hydrogens (tertiary/aromatic N) is 2. The molecule has 2 aliphatic heterocycles. The highest BCUT2D eigenvalue weighted by Gasteiger charge is 2.47. The molecule has 15 heteroatoms. The normalized spacial score (nSPS) is 20.7. The van der Waals surface area contributed by atoms with E-state index in [1.165, 1.54) is 4.90 Å². The number of carbonyl (C=O) groups is 3. The minimum atomic E-state index is -4.53. The number of urea groups is 2. The van der Waals surface area contributed by atoms with Crippen molar-refractivity contribution in [2.75, 3.05) is 30.3 Å². The van der Waals surface area contributed by atoms with Crippen LogP contribution in [0.25, 0.3) is 0 Å². The summed E-state index contributed by atoms with van der Waals surface area (Å²) < 4.78 is 77.0. The third kappa shape index (κ3) is 7.43. The molecule has 42 heavy (non-hydrogen) atoms. The number of halogens is 6. The molecule has 2 aromatic rings. The molecule has 5 N–H and O–H groups in total. The highest BCUT2D eigenvalue weighted by Crippen LogP contribution is 2.32. The Balaban J connectivity index is 1.41. The van der Waals surface area contributed by atoms with Gasteiger partial charge < -0.3 is 31.5 Å². The van der Waals surface area contributed by atoms with Gasteiger partial charge >= 0.3 is 24.4 Å². The van der Waals surface area contributed by atoms with Crippen LogP contribution in [0.2, 0.25) is 0 Å². The number of amides is 5. The summed E-state index contributed by atoms with van der Waals surface area (Å²) in [6, 6.07) is 4.85. The summed E-state index contributed by atoms with van der Waals surface area (Å²) in [5.74, 6) is -0.321. The summed E-state index contributed by atoms with van der Waals surface area (Å²) >= 11 is 0. The lowest BCUT2D eigenvalue weighted by Gasteiger charge is -2.42. The number of piperazine rings is 1. The van der Waals surface area contributed by atoms with E-state index in [1.54, 1.807) is 4.90 Å². The van der Waals surface area contributed by atoms with E-state index in [1.807, 2.05) is 0 Å². The molecule has 0 unspecified atom stereocenters. The molecule has 228 valence electrons. The first-order chi connectivity index (χ1) is 19.8. The number of hydrogen-bond acceptors (Lipinski definition) is 4. The van der Waals surface area contributed by atoms with Gasteiger partial charge in [0.1, 0.15) is 6.04 Å². The second-order valence-electron chi connectivity index (χ2n) is 10.2. The number of benzene rings is 2. The molecule has 0 aliphatic carbocycles. The average Bonchev–Trinajstić information content (AvgIpc) is 3.32. The number of hydrogen-bond donors (Lipinski definition) is 4. The fraction of sp³-hybridized carbons (Fsp3) is 0.444. The number of fused-ring (bicyclic) bond motifs is 1. The fourth-order valence-corrected chi connectivity index (χ4v) is 5.16. The minimum Gasteiger partial charge on any atom is -0.334 e. The topological polar surface area (TPSA) is 120 Å². The van der Waals surface area contributed by atoms with Gasteiger partial charge in [0.05, 0.1) is 23.2 Å². The molecular weight excluding hydrogens is 570 g/mol. The van der Waals surface area contributed by atoms with Crippen LogP contribution in [0.3, 0.4) is 0 Å². The second-order valence-corrected chi connectivity index (χ2v) is 10.2. The van der Waals surface area contributed by atoms with Gasteiger partial charge in [-0.1, -0.05) is 0 Å². The van der Waals surface area contributed by atoms with E-state index in [2.05, 4.69) is 16.0 Å². The molecule has 2 saturated heterocycles. The lowest BCUT2D eigenvalue weighted by atomic mass is 10.0. The van der Waals surface area contributed by atoms with Crippen molar-refractivity contribution in [2.24, 2.45) is 5.73 Å². The highest BCUT2D eigenvalue weighted by molar-refractivity contribution is 5.95. The Bertz CT molecular complexity index is 1270. The second kappa shape index (κ2) is 12.5. The van der Waals surface area contributed by atoms with E-state index >= 15 is 0 Å². The van der Waals surface area contributed by atoms with Crippen LogP contribution in [0.4, 0.5) is 47.3 Å². The minimum absolute atomic E-state index is 0.129. The van der Waals surface area contributed by atoms with Gasteiger partial charge in [-0.15, -0.1) is 0 Å². The van der Waals surface area contributed by atoms with Gasteiger partial charge in [-0.05, 0) is 80.8 Å². The molecule has 0 bridgehead atoms. The maximum atomic E-state index is 13.5. The zero-order valence-corrected chi connectivity index (χ0v) is 22.3. The summed E-state index contributed by atoms with van der Waals surface area (Å²) in [6.07, 6.45) is -7.21. The molecule has 0 saturated carbocycles. The van der Waals surface area contributed by atoms with Crippen molar-refractivity contribution in [1.82, 2.24) is 15.1 Å². The van der Waals surface area contributed by atoms with Crippen molar-refractivity contribution < 1.29 is 40.7 Å².